The third-order valence-corrected chi connectivity index (χ3v) is 6.45. The van der Waals surface area contributed by atoms with Crippen molar-refractivity contribution in [2.75, 3.05) is 31.1 Å². The average molecular weight is 379 g/mol. The van der Waals surface area contributed by atoms with E-state index < -0.39 is 11.7 Å². The van der Waals surface area contributed by atoms with E-state index in [1.807, 2.05) is 0 Å². The van der Waals surface area contributed by atoms with Crippen LogP contribution in [-0.2, 0) is 0 Å². The molecule has 2 aliphatic heterocycles. The molecule has 1 spiro atoms. The summed E-state index contributed by atoms with van der Waals surface area (Å²) in [5, 5.41) is 19.8. The molecule has 8 heteroatoms. The van der Waals surface area contributed by atoms with Crippen LogP contribution in [0.4, 0.5) is 5.69 Å². The van der Waals surface area contributed by atoms with E-state index in [0.29, 0.717) is 35.1 Å². The number of aromatic nitrogens is 2. The summed E-state index contributed by atoms with van der Waals surface area (Å²) >= 11 is 0. The normalized spacial score (nSPS) is 20.9. The Morgan fingerprint density at radius 1 is 1.29 bits per heavy atom. The molecule has 0 unspecified atom stereocenters. The predicted molar refractivity (Wildman–Crippen MR) is 102 cm³/mol. The van der Waals surface area contributed by atoms with Crippen molar-refractivity contribution in [2.45, 2.75) is 31.8 Å². The lowest BCUT2D eigenvalue weighted by molar-refractivity contribution is 0.00552. The molecule has 8 nitrogen and oxygen atoms in total. The molecular formula is C20H21N5O3. The van der Waals surface area contributed by atoms with Crippen molar-refractivity contribution in [1.82, 2.24) is 14.9 Å². The minimum Gasteiger partial charge on any atom is -0.389 e. The van der Waals surface area contributed by atoms with Crippen LogP contribution in [0.5, 0.6) is 0 Å². The highest BCUT2D eigenvalue weighted by Gasteiger charge is 2.45. The monoisotopic (exact) mass is 379 g/mol. The molecule has 2 aromatic heterocycles. The van der Waals surface area contributed by atoms with Gasteiger partial charge in [0.05, 0.1) is 23.5 Å². The van der Waals surface area contributed by atoms with Gasteiger partial charge in [-0.25, -0.2) is 4.98 Å². The van der Waals surface area contributed by atoms with Gasteiger partial charge in [-0.3, -0.25) is 9.59 Å². The van der Waals surface area contributed by atoms with Crippen LogP contribution in [-0.4, -0.2) is 58.2 Å². The number of nitrogens with zero attached hydrogens (tertiary/aromatic N) is 4. The highest BCUT2D eigenvalue weighted by atomic mass is 16.3. The highest BCUT2D eigenvalue weighted by molar-refractivity contribution is 6.00. The Morgan fingerprint density at radius 3 is 2.61 bits per heavy atom. The summed E-state index contributed by atoms with van der Waals surface area (Å²) in [6, 6.07) is 3.72. The number of anilines is 1. The summed E-state index contributed by atoms with van der Waals surface area (Å²) in [4.78, 5) is 35.6. The lowest BCUT2D eigenvalue weighted by Crippen LogP contribution is -2.53. The molecule has 28 heavy (non-hydrogen) atoms. The summed E-state index contributed by atoms with van der Waals surface area (Å²) in [6.07, 6.45) is 5.67. The maximum absolute atomic E-state index is 12.6. The van der Waals surface area contributed by atoms with E-state index in [0.717, 1.165) is 25.9 Å². The highest BCUT2D eigenvalue weighted by Crippen LogP contribution is 2.54. The third kappa shape index (κ3) is 2.66. The molecule has 5 rings (SSSR count). The molecule has 2 saturated heterocycles. The van der Waals surface area contributed by atoms with Gasteiger partial charge in [-0.1, -0.05) is 0 Å². The van der Waals surface area contributed by atoms with E-state index in [1.54, 1.807) is 6.07 Å². The van der Waals surface area contributed by atoms with Crippen molar-refractivity contribution in [3.63, 3.8) is 0 Å². The summed E-state index contributed by atoms with van der Waals surface area (Å²) in [5.74, 6) is -0.251. The van der Waals surface area contributed by atoms with Crippen LogP contribution in [0, 0.1) is 16.7 Å². The summed E-state index contributed by atoms with van der Waals surface area (Å²) in [6.45, 7) is 2.21. The molecule has 1 aliphatic carbocycles. The Bertz CT molecular complexity index is 1070. The molecule has 1 saturated carbocycles. The van der Waals surface area contributed by atoms with Crippen LogP contribution in [0.25, 0.3) is 10.9 Å². The minimum absolute atomic E-state index is 0.0863. The number of aromatic amines is 1. The quantitative estimate of drug-likeness (QED) is 0.805. The second kappa shape index (κ2) is 6.04. The van der Waals surface area contributed by atoms with Crippen molar-refractivity contribution in [3.8, 4) is 6.07 Å². The zero-order valence-corrected chi connectivity index (χ0v) is 15.4. The Hall–Kier alpha value is -2.92. The topological polar surface area (TPSA) is 113 Å². The Balaban J connectivity index is 1.59. The van der Waals surface area contributed by atoms with Crippen LogP contribution in [0.3, 0.4) is 0 Å². The van der Waals surface area contributed by atoms with E-state index in [1.165, 1.54) is 23.9 Å². The third-order valence-electron chi connectivity index (χ3n) is 6.45. The van der Waals surface area contributed by atoms with Crippen LogP contribution >= 0.6 is 0 Å². The lowest BCUT2D eigenvalue weighted by Gasteiger charge is -2.36. The summed E-state index contributed by atoms with van der Waals surface area (Å²) < 4.78 is 0. The van der Waals surface area contributed by atoms with E-state index in [2.05, 4.69) is 20.9 Å². The SMILES string of the molecule is N#Cc1c(N2CCC3(CC2)CC3)c2cc(C(=O)N3CC(O)C3)ncc2[nH]c1=O. The average Bonchev–Trinajstić information content (AvgIpc) is 3.43. The van der Waals surface area contributed by atoms with Crippen LogP contribution in [0.1, 0.15) is 41.7 Å². The van der Waals surface area contributed by atoms with Gasteiger partial charge in [-0.15, -0.1) is 0 Å². The van der Waals surface area contributed by atoms with Crippen LogP contribution < -0.4 is 10.5 Å². The number of hydrogen-bond acceptors (Lipinski definition) is 6. The van der Waals surface area contributed by atoms with E-state index >= 15 is 0 Å². The zero-order chi connectivity index (χ0) is 19.5. The number of aliphatic hydroxyl groups is 1. The summed E-state index contributed by atoms with van der Waals surface area (Å²) in [7, 11) is 0. The standard InChI is InChI=1S/C20H21N5O3/c21-8-14-17(24-5-3-20(1-2-20)4-6-24)13-7-15(19(28)25-10-12(26)11-25)22-9-16(13)23-18(14)27/h7,9,12,26H,1-6,10-11H2,(H,23,27). The number of hydrogen-bond donors (Lipinski definition) is 2. The summed E-state index contributed by atoms with van der Waals surface area (Å²) in [5.41, 5.74) is 1.52. The van der Waals surface area contributed by atoms with Crippen molar-refractivity contribution in [2.24, 2.45) is 5.41 Å². The maximum Gasteiger partial charge on any atom is 0.272 e. The first-order chi connectivity index (χ1) is 13.5. The Morgan fingerprint density at radius 2 is 2.00 bits per heavy atom. The fraction of sp³-hybridized carbons (Fsp3) is 0.500. The van der Waals surface area contributed by atoms with E-state index in [4.69, 9.17) is 0 Å². The molecule has 2 N–H and O–H groups in total. The van der Waals surface area contributed by atoms with Crippen molar-refractivity contribution in [1.29, 1.82) is 5.26 Å². The number of H-pyrrole nitrogens is 1. The number of nitrogens with one attached hydrogen (secondary N) is 1. The molecule has 144 valence electrons. The number of fused-ring (bicyclic) bond motifs is 1. The molecule has 1 amide bonds. The number of aliphatic hydroxyl groups excluding tert-OH is 1. The number of β-amino-alcohol motifs (C(OH)–C–C–N with tert-alkyl or cyclic N) is 1. The predicted octanol–water partition coefficient (Wildman–Crippen LogP) is 0.992. The number of pyridine rings is 2. The first kappa shape index (κ1) is 17.2. The smallest absolute Gasteiger partial charge is 0.272 e. The first-order valence-electron chi connectivity index (χ1n) is 9.68. The molecule has 0 radical (unpaired) electrons. The van der Waals surface area contributed by atoms with Gasteiger partial charge in [-0.2, -0.15) is 5.26 Å². The molecule has 0 bridgehead atoms. The largest absolute Gasteiger partial charge is 0.389 e. The van der Waals surface area contributed by atoms with Crippen molar-refractivity contribution >= 4 is 22.5 Å². The number of rotatable bonds is 2. The molecule has 3 aliphatic rings. The molecule has 4 heterocycles. The number of likely N-dealkylation sites (tertiary alicyclic amines) is 1. The fourth-order valence-corrected chi connectivity index (χ4v) is 4.39. The van der Waals surface area contributed by atoms with Gasteiger partial charge in [0.2, 0.25) is 0 Å². The van der Waals surface area contributed by atoms with Gasteiger partial charge in [0.25, 0.3) is 11.5 Å². The first-order valence-corrected chi connectivity index (χ1v) is 9.68. The van der Waals surface area contributed by atoms with Gasteiger partial charge >= 0.3 is 0 Å². The maximum atomic E-state index is 12.6. The van der Waals surface area contributed by atoms with Gasteiger partial charge in [0.15, 0.2) is 0 Å². The second-order valence-electron chi connectivity index (χ2n) is 8.26. The Labute approximate surface area is 161 Å². The minimum atomic E-state index is -0.482. The van der Waals surface area contributed by atoms with Gasteiger partial charge < -0.3 is 19.9 Å². The van der Waals surface area contributed by atoms with Gasteiger partial charge in [0.1, 0.15) is 17.3 Å². The molecular weight excluding hydrogens is 358 g/mol. The second-order valence-corrected chi connectivity index (χ2v) is 8.26. The lowest BCUT2D eigenvalue weighted by atomic mass is 9.92. The van der Waals surface area contributed by atoms with E-state index in [-0.39, 0.29) is 17.2 Å². The molecule has 0 atom stereocenters. The molecule has 0 aromatic carbocycles. The van der Waals surface area contributed by atoms with Crippen molar-refractivity contribution in [3.05, 3.63) is 33.9 Å². The molecule has 3 fully saturated rings. The van der Waals surface area contributed by atoms with E-state index in [9.17, 15) is 20.0 Å². The van der Waals surface area contributed by atoms with Crippen molar-refractivity contribution < 1.29 is 9.90 Å². The van der Waals surface area contributed by atoms with Crippen LogP contribution in [0.15, 0.2) is 17.1 Å². The number of piperidine rings is 1. The zero-order valence-electron chi connectivity index (χ0n) is 15.4. The van der Waals surface area contributed by atoms with Gasteiger partial charge in [-0.05, 0) is 37.2 Å². The Kier molecular flexibility index (Phi) is 3.71. The number of amides is 1. The van der Waals surface area contributed by atoms with Crippen LogP contribution in [0.2, 0.25) is 0 Å². The fourth-order valence-electron chi connectivity index (χ4n) is 4.39. The number of nitriles is 1. The van der Waals surface area contributed by atoms with Gasteiger partial charge in [0, 0.05) is 31.6 Å². The number of carbonyl (C=O) groups is 1. The number of carbonyl (C=O) groups excluding carboxylic acids is 1. The molecule has 2 aromatic rings.